The lowest BCUT2D eigenvalue weighted by atomic mass is 10.1. The maximum atomic E-state index is 11.9. The molecule has 6 heteroatoms. The number of hydrogen-bond acceptors (Lipinski definition) is 5. The van der Waals surface area contributed by atoms with E-state index in [4.69, 9.17) is 4.74 Å². The summed E-state index contributed by atoms with van der Waals surface area (Å²) in [4.78, 5) is 36.0. The van der Waals surface area contributed by atoms with Crippen molar-refractivity contribution < 1.29 is 19.1 Å². The average Bonchev–Trinajstić information content (AvgIpc) is 3.09. The molecule has 1 amide bonds. The minimum absolute atomic E-state index is 0.0343. The predicted molar refractivity (Wildman–Crippen MR) is 93.4 cm³/mol. The summed E-state index contributed by atoms with van der Waals surface area (Å²) in [6.07, 6.45) is 0.0469. The number of ketones is 1. The third kappa shape index (κ3) is 5.03. The maximum absolute atomic E-state index is 11.9. The summed E-state index contributed by atoms with van der Waals surface area (Å²) in [5.41, 5.74) is 2.61. The number of thiophene rings is 1. The molecule has 2 aromatic rings. The van der Waals surface area contributed by atoms with Gasteiger partial charge in [-0.3, -0.25) is 14.4 Å². The van der Waals surface area contributed by atoms with Crippen molar-refractivity contribution in [2.24, 2.45) is 0 Å². The highest BCUT2D eigenvalue weighted by atomic mass is 32.1. The van der Waals surface area contributed by atoms with Crippen molar-refractivity contribution in [3.8, 4) is 0 Å². The van der Waals surface area contributed by atoms with E-state index in [-0.39, 0.29) is 25.2 Å². The lowest BCUT2D eigenvalue weighted by molar-refractivity contribution is -0.147. The monoisotopic (exact) mass is 345 g/mol. The molecule has 0 bridgehead atoms. The van der Waals surface area contributed by atoms with Crippen LogP contribution in [0.4, 0.5) is 5.69 Å². The fourth-order valence-corrected chi connectivity index (χ4v) is 2.88. The molecule has 2 rings (SSSR count). The Morgan fingerprint density at radius 3 is 2.38 bits per heavy atom. The van der Waals surface area contributed by atoms with Crippen LogP contribution < -0.4 is 5.32 Å². The van der Waals surface area contributed by atoms with Gasteiger partial charge in [-0.1, -0.05) is 24.3 Å². The normalized spacial score (nSPS) is 10.2. The molecule has 126 valence electrons. The molecule has 5 nitrogen and oxygen atoms in total. The third-order valence-electron chi connectivity index (χ3n) is 3.46. The Kier molecular flexibility index (Phi) is 6.26. The predicted octanol–water partition coefficient (Wildman–Crippen LogP) is 3.51. The molecule has 0 spiro atoms. The van der Waals surface area contributed by atoms with Crippen LogP contribution in [-0.4, -0.2) is 24.3 Å². The standard InChI is InChI=1S/C18H19NO4S/c1-12-5-3-6-13(2)18(12)19-16(21)11-23-17(22)9-8-14(20)15-7-4-10-24-15/h3-7,10H,8-9,11H2,1-2H3,(H,19,21). The van der Waals surface area contributed by atoms with E-state index < -0.39 is 11.9 Å². The molecule has 0 saturated heterocycles. The number of anilines is 1. The van der Waals surface area contributed by atoms with E-state index in [0.717, 1.165) is 16.8 Å². The van der Waals surface area contributed by atoms with E-state index >= 15 is 0 Å². The van der Waals surface area contributed by atoms with E-state index in [9.17, 15) is 14.4 Å². The minimum atomic E-state index is -0.559. The first-order valence-electron chi connectivity index (χ1n) is 7.56. The molecular formula is C18H19NO4S. The number of hydrogen-bond donors (Lipinski definition) is 1. The van der Waals surface area contributed by atoms with Crippen LogP contribution in [0.2, 0.25) is 0 Å². The van der Waals surface area contributed by atoms with Crippen LogP contribution in [0.15, 0.2) is 35.7 Å². The number of benzene rings is 1. The molecule has 1 heterocycles. The summed E-state index contributed by atoms with van der Waals surface area (Å²) in [6, 6.07) is 9.20. The number of rotatable bonds is 7. The van der Waals surface area contributed by atoms with Gasteiger partial charge in [-0.15, -0.1) is 11.3 Å². The van der Waals surface area contributed by atoms with Gasteiger partial charge in [0, 0.05) is 12.1 Å². The van der Waals surface area contributed by atoms with Gasteiger partial charge in [0.05, 0.1) is 11.3 Å². The van der Waals surface area contributed by atoms with Crippen molar-refractivity contribution in [2.75, 3.05) is 11.9 Å². The van der Waals surface area contributed by atoms with Crippen molar-refractivity contribution in [1.29, 1.82) is 0 Å². The maximum Gasteiger partial charge on any atom is 0.306 e. The SMILES string of the molecule is Cc1cccc(C)c1NC(=O)COC(=O)CCC(=O)c1cccs1. The van der Waals surface area contributed by atoms with Crippen molar-refractivity contribution in [1.82, 2.24) is 0 Å². The lowest BCUT2D eigenvalue weighted by Gasteiger charge is -2.11. The van der Waals surface area contributed by atoms with Crippen molar-refractivity contribution in [3.05, 3.63) is 51.7 Å². The number of aryl methyl sites for hydroxylation is 2. The van der Waals surface area contributed by atoms with Crippen LogP contribution in [0.25, 0.3) is 0 Å². The largest absolute Gasteiger partial charge is 0.456 e. The number of carbonyl (C=O) groups excluding carboxylic acids is 3. The van der Waals surface area contributed by atoms with Crippen LogP contribution >= 0.6 is 11.3 Å². The summed E-state index contributed by atoms with van der Waals surface area (Å²) in [7, 11) is 0. The van der Waals surface area contributed by atoms with Gasteiger partial charge < -0.3 is 10.1 Å². The number of nitrogens with one attached hydrogen (secondary N) is 1. The van der Waals surface area contributed by atoms with E-state index in [1.807, 2.05) is 37.4 Å². The zero-order valence-electron chi connectivity index (χ0n) is 13.6. The fraction of sp³-hybridized carbons (Fsp3) is 0.278. The van der Waals surface area contributed by atoms with Gasteiger partial charge in [0.1, 0.15) is 0 Å². The molecular weight excluding hydrogens is 326 g/mol. The summed E-state index contributed by atoms with van der Waals surface area (Å²) >= 11 is 1.34. The Hall–Kier alpha value is -2.47. The smallest absolute Gasteiger partial charge is 0.306 e. The number of Topliss-reactive ketones (excluding diaryl/α,β-unsaturated/α-hetero) is 1. The van der Waals surface area contributed by atoms with Crippen LogP contribution in [-0.2, 0) is 14.3 Å². The zero-order valence-corrected chi connectivity index (χ0v) is 14.4. The molecule has 24 heavy (non-hydrogen) atoms. The van der Waals surface area contributed by atoms with Crippen LogP contribution in [0, 0.1) is 13.8 Å². The molecule has 1 aromatic heterocycles. The van der Waals surface area contributed by atoms with E-state index in [1.54, 1.807) is 12.1 Å². The first-order chi connectivity index (χ1) is 11.5. The summed E-state index contributed by atoms with van der Waals surface area (Å²) < 4.78 is 4.92. The molecule has 0 radical (unpaired) electrons. The molecule has 1 aromatic carbocycles. The molecule has 0 aliphatic carbocycles. The van der Waals surface area contributed by atoms with Gasteiger partial charge in [0.15, 0.2) is 12.4 Å². The quantitative estimate of drug-likeness (QED) is 0.616. The van der Waals surface area contributed by atoms with E-state index in [1.165, 1.54) is 11.3 Å². The first kappa shape index (κ1) is 17.9. The lowest BCUT2D eigenvalue weighted by Crippen LogP contribution is -2.22. The van der Waals surface area contributed by atoms with E-state index in [2.05, 4.69) is 5.32 Å². The van der Waals surface area contributed by atoms with Crippen molar-refractivity contribution in [3.63, 3.8) is 0 Å². The molecule has 0 aliphatic rings. The number of carbonyl (C=O) groups is 3. The number of amides is 1. The molecule has 0 saturated carbocycles. The van der Waals surface area contributed by atoms with E-state index in [0.29, 0.717) is 4.88 Å². The van der Waals surface area contributed by atoms with Crippen molar-refractivity contribution in [2.45, 2.75) is 26.7 Å². The molecule has 0 aliphatic heterocycles. The van der Waals surface area contributed by atoms with Crippen LogP contribution in [0.5, 0.6) is 0 Å². The minimum Gasteiger partial charge on any atom is -0.456 e. The third-order valence-corrected chi connectivity index (χ3v) is 4.37. The highest BCUT2D eigenvalue weighted by molar-refractivity contribution is 7.12. The highest BCUT2D eigenvalue weighted by Gasteiger charge is 2.13. The molecule has 0 fully saturated rings. The van der Waals surface area contributed by atoms with Gasteiger partial charge in [-0.2, -0.15) is 0 Å². The second-order valence-corrected chi connectivity index (χ2v) is 6.32. The first-order valence-corrected chi connectivity index (χ1v) is 8.43. The number of ether oxygens (including phenoxy) is 1. The Bertz CT molecular complexity index is 717. The van der Waals surface area contributed by atoms with Crippen LogP contribution in [0.1, 0.15) is 33.6 Å². The number of para-hydroxylation sites is 1. The molecule has 0 unspecified atom stereocenters. The summed E-state index contributed by atoms with van der Waals surface area (Å²) in [5.74, 6) is -1.05. The second kappa shape index (κ2) is 8.40. The Morgan fingerprint density at radius 1 is 1.04 bits per heavy atom. The van der Waals surface area contributed by atoms with Gasteiger partial charge in [-0.05, 0) is 36.4 Å². The Balaban J connectivity index is 1.75. The number of esters is 1. The highest BCUT2D eigenvalue weighted by Crippen LogP contribution is 2.19. The zero-order chi connectivity index (χ0) is 17.5. The molecule has 1 N–H and O–H groups in total. The van der Waals surface area contributed by atoms with Crippen LogP contribution in [0.3, 0.4) is 0 Å². The molecule has 0 atom stereocenters. The second-order valence-electron chi connectivity index (χ2n) is 5.38. The van der Waals surface area contributed by atoms with Gasteiger partial charge in [-0.25, -0.2) is 0 Å². The van der Waals surface area contributed by atoms with Gasteiger partial charge in [0.25, 0.3) is 5.91 Å². The van der Waals surface area contributed by atoms with Gasteiger partial charge >= 0.3 is 5.97 Å². The summed E-state index contributed by atoms with van der Waals surface area (Å²) in [6.45, 7) is 3.43. The topological polar surface area (TPSA) is 72.5 Å². The fourth-order valence-electron chi connectivity index (χ4n) is 2.18. The van der Waals surface area contributed by atoms with Crippen molar-refractivity contribution >= 4 is 34.7 Å². The Labute approximate surface area is 144 Å². The average molecular weight is 345 g/mol. The summed E-state index contributed by atoms with van der Waals surface area (Å²) in [5, 5.41) is 4.55. The Morgan fingerprint density at radius 2 is 1.75 bits per heavy atom. The van der Waals surface area contributed by atoms with Gasteiger partial charge in [0.2, 0.25) is 0 Å².